The summed E-state index contributed by atoms with van der Waals surface area (Å²) in [5.41, 5.74) is 8.95. The lowest BCUT2D eigenvalue weighted by Gasteiger charge is -2.33. The lowest BCUT2D eigenvalue weighted by Crippen LogP contribution is -2.17. The van der Waals surface area contributed by atoms with Crippen molar-refractivity contribution in [1.29, 1.82) is 0 Å². The highest BCUT2D eigenvalue weighted by Gasteiger charge is 2.28. The van der Waals surface area contributed by atoms with E-state index < -0.39 is 0 Å². The van der Waals surface area contributed by atoms with E-state index in [1.165, 1.54) is 38.9 Å². The van der Waals surface area contributed by atoms with Gasteiger partial charge in [0.1, 0.15) is 11.2 Å². The molecule has 0 fully saturated rings. The first-order valence-corrected chi connectivity index (χ1v) is 11.2. The van der Waals surface area contributed by atoms with Gasteiger partial charge in [-0.25, -0.2) is 0 Å². The molecule has 0 atom stereocenters. The average molecular weight is 422 g/mol. The molecule has 33 heavy (non-hydrogen) atoms. The van der Waals surface area contributed by atoms with Crippen LogP contribution in [0.25, 0.3) is 49.4 Å². The summed E-state index contributed by atoms with van der Waals surface area (Å²) in [5, 5.41) is 4.82. The first kappa shape index (κ1) is 17.1. The number of benzene rings is 5. The van der Waals surface area contributed by atoms with Crippen molar-refractivity contribution in [3.8, 4) is 5.69 Å². The molecule has 1 aliphatic heterocycles. The van der Waals surface area contributed by atoms with E-state index in [9.17, 15) is 0 Å². The van der Waals surface area contributed by atoms with Crippen LogP contribution in [0.3, 0.4) is 0 Å². The Morgan fingerprint density at radius 2 is 1.21 bits per heavy atom. The van der Waals surface area contributed by atoms with Gasteiger partial charge in [-0.05, 0) is 42.5 Å². The Hall–Kier alpha value is -4.50. The lowest BCUT2D eigenvalue weighted by molar-refractivity contribution is 0.669. The van der Waals surface area contributed by atoms with Gasteiger partial charge in [-0.15, -0.1) is 0 Å². The second-order valence-corrected chi connectivity index (χ2v) is 8.63. The molecule has 2 aromatic heterocycles. The topological polar surface area (TPSA) is 21.3 Å². The Bertz CT molecular complexity index is 1870. The second kappa shape index (κ2) is 6.05. The highest BCUT2D eigenvalue weighted by atomic mass is 16.3. The van der Waals surface area contributed by atoms with Gasteiger partial charge in [0.15, 0.2) is 0 Å². The summed E-state index contributed by atoms with van der Waals surface area (Å²) in [6.07, 6.45) is 0. The number of hydrogen-bond acceptors (Lipinski definition) is 2. The Kier molecular flexibility index (Phi) is 3.14. The summed E-state index contributed by atoms with van der Waals surface area (Å²) in [6, 6.07) is 38.7. The van der Waals surface area contributed by atoms with Gasteiger partial charge in [0.25, 0.3) is 0 Å². The number of para-hydroxylation sites is 5. The zero-order valence-electron chi connectivity index (χ0n) is 17.7. The molecule has 1 aliphatic rings. The molecule has 0 aliphatic carbocycles. The van der Waals surface area contributed by atoms with Crippen molar-refractivity contribution in [3.63, 3.8) is 0 Å². The highest BCUT2D eigenvalue weighted by Crippen LogP contribution is 2.50. The van der Waals surface area contributed by atoms with Crippen LogP contribution in [0.4, 0.5) is 17.1 Å². The van der Waals surface area contributed by atoms with Crippen LogP contribution >= 0.6 is 0 Å². The minimum absolute atomic E-state index is 0.923. The predicted molar refractivity (Wildman–Crippen MR) is 136 cm³/mol. The molecule has 5 aromatic carbocycles. The van der Waals surface area contributed by atoms with Crippen LogP contribution in [0.15, 0.2) is 114 Å². The summed E-state index contributed by atoms with van der Waals surface area (Å²) in [4.78, 5) is 2.37. The van der Waals surface area contributed by atoms with Crippen molar-refractivity contribution in [2.24, 2.45) is 0 Å². The number of fused-ring (bicyclic) bond motifs is 8. The fourth-order valence-electron chi connectivity index (χ4n) is 5.52. The molecule has 0 saturated carbocycles. The van der Waals surface area contributed by atoms with Crippen LogP contribution in [-0.2, 0) is 0 Å². The van der Waals surface area contributed by atoms with Gasteiger partial charge in [0, 0.05) is 33.3 Å². The summed E-state index contributed by atoms with van der Waals surface area (Å²) in [6.45, 7) is 0. The molecule has 8 rings (SSSR count). The Balaban J connectivity index is 1.58. The van der Waals surface area contributed by atoms with E-state index in [-0.39, 0.29) is 0 Å². The Morgan fingerprint density at radius 1 is 0.485 bits per heavy atom. The van der Waals surface area contributed by atoms with Gasteiger partial charge in [0.2, 0.25) is 0 Å². The van der Waals surface area contributed by atoms with Gasteiger partial charge in [0.05, 0.1) is 28.1 Å². The van der Waals surface area contributed by atoms with Crippen molar-refractivity contribution in [1.82, 2.24) is 4.57 Å². The molecular weight excluding hydrogens is 404 g/mol. The zero-order chi connectivity index (χ0) is 21.5. The number of nitrogens with zero attached hydrogens (tertiary/aromatic N) is 2. The van der Waals surface area contributed by atoms with Gasteiger partial charge in [-0.3, -0.25) is 0 Å². The summed E-state index contributed by atoms with van der Waals surface area (Å²) in [7, 11) is 0. The minimum Gasteiger partial charge on any atom is -0.456 e. The minimum atomic E-state index is 0.923. The van der Waals surface area contributed by atoms with Crippen LogP contribution in [0, 0.1) is 0 Å². The van der Waals surface area contributed by atoms with Crippen LogP contribution in [0.5, 0.6) is 0 Å². The molecule has 3 heteroatoms. The largest absolute Gasteiger partial charge is 0.456 e. The summed E-state index contributed by atoms with van der Waals surface area (Å²) in [5.74, 6) is 0. The third kappa shape index (κ3) is 2.14. The number of rotatable bonds is 1. The molecule has 0 unspecified atom stereocenters. The standard InChI is InChI=1S/C30H18N2O/c1-2-9-19(10-3-1)31-24-13-5-6-14-25(24)32-27-18-29-23(20-11-4-7-16-28(20)33-29)17-22(27)21-12-8-15-26(31)30(21)32/h1-18H. The highest BCUT2D eigenvalue weighted by molar-refractivity contribution is 6.21. The third-order valence-electron chi connectivity index (χ3n) is 6.88. The molecule has 0 N–H and O–H groups in total. The quantitative estimate of drug-likeness (QED) is 0.264. The van der Waals surface area contributed by atoms with Gasteiger partial charge in [-0.1, -0.05) is 60.7 Å². The van der Waals surface area contributed by atoms with Crippen molar-refractivity contribution >= 4 is 60.8 Å². The zero-order valence-corrected chi connectivity index (χ0v) is 17.7. The molecule has 7 aromatic rings. The molecule has 0 spiro atoms. The Labute approximate surface area is 189 Å². The molecule has 0 amide bonds. The van der Waals surface area contributed by atoms with Gasteiger partial charge >= 0.3 is 0 Å². The normalized spacial score (nSPS) is 12.8. The van der Waals surface area contributed by atoms with E-state index in [0.29, 0.717) is 0 Å². The van der Waals surface area contributed by atoms with E-state index in [4.69, 9.17) is 4.42 Å². The third-order valence-corrected chi connectivity index (χ3v) is 6.88. The van der Waals surface area contributed by atoms with Crippen LogP contribution in [0.2, 0.25) is 0 Å². The first-order valence-electron chi connectivity index (χ1n) is 11.2. The Morgan fingerprint density at radius 3 is 2.12 bits per heavy atom. The number of furan rings is 1. The SMILES string of the molecule is c1ccc(N2c3ccccc3-n3c4cc5oc6ccccc6c5cc4c4cccc2c43)cc1. The molecule has 3 nitrogen and oxygen atoms in total. The molecular formula is C30H18N2O. The number of hydrogen-bond donors (Lipinski definition) is 0. The van der Waals surface area contributed by atoms with E-state index in [2.05, 4.69) is 107 Å². The molecule has 0 saturated heterocycles. The maximum Gasteiger partial charge on any atom is 0.137 e. The van der Waals surface area contributed by atoms with Crippen molar-refractivity contribution in [2.45, 2.75) is 0 Å². The smallest absolute Gasteiger partial charge is 0.137 e. The van der Waals surface area contributed by atoms with E-state index in [0.717, 1.165) is 27.6 Å². The maximum absolute atomic E-state index is 6.26. The maximum atomic E-state index is 6.26. The molecule has 0 bridgehead atoms. The average Bonchev–Trinajstić information content (AvgIpc) is 3.40. The van der Waals surface area contributed by atoms with E-state index in [1.54, 1.807) is 0 Å². The molecule has 0 radical (unpaired) electrons. The van der Waals surface area contributed by atoms with Crippen molar-refractivity contribution < 1.29 is 4.42 Å². The molecule has 3 heterocycles. The van der Waals surface area contributed by atoms with Crippen molar-refractivity contribution in [3.05, 3.63) is 109 Å². The van der Waals surface area contributed by atoms with E-state index >= 15 is 0 Å². The monoisotopic (exact) mass is 422 g/mol. The fraction of sp³-hybridized carbons (Fsp3) is 0. The lowest BCUT2D eigenvalue weighted by atomic mass is 10.1. The number of anilines is 3. The van der Waals surface area contributed by atoms with Crippen LogP contribution < -0.4 is 4.90 Å². The second-order valence-electron chi connectivity index (χ2n) is 8.63. The van der Waals surface area contributed by atoms with Crippen LogP contribution in [-0.4, -0.2) is 4.57 Å². The predicted octanol–water partition coefficient (Wildman–Crippen LogP) is 8.47. The first-order chi connectivity index (χ1) is 16.4. The van der Waals surface area contributed by atoms with Gasteiger partial charge in [-0.2, -0.15) is 0 Å². The molecule has 154 valence electrons. The van der Waals surface area contributed by atoms with Crippen LogP contribution in [0.1, 0.15) is 0 Å². The fourth-order valence-corrected chi connectivity index (χ4v) is 5.52. The van der Waals surface area contributed by atoms with E-state index in [1.807, 2.05) is 12.1 Å². The summed E-state index contributed by atoms with van der Waals surface area (Å²) >= 11 is 0. The van der Waals surface area contributed by atoms with Gasteiger partial charge < -0.3 is 13.9 Å². The number of aromatic nitrogens is 1. The van der Waals surface area contributed by atoms with Crippen molar-refractivity contribution in [2.75, 3.05) is 4.90 Å². The summed E-state index contributed by atoms with van der Waals surface area (Å²) < 4.78 is 8.66.